The average Bonchev–Trinajstić information content (AvgIpc) is 1.98. The van der Waals surface area contributed by atoms with E-state index in [0.29, 0.717) is 11.3 Å². The molecule has 0 saturated carbocycles. The van der Waals surface area contributed by atoms with E-state index < -0.39 is 11.9 Å². The predicted molar refractivity (Wildman–Crippen MR) is 59.3 cm³/mol. The van der Waals surface area contributed by atoms with E-state index in [1.54, 1.807) is 0 Å². The summed E-state index contributed by atoms with van der Waals surface area (Å²) in [6.45, 7) is 1.41. The van der Waals surface area contributed by atoms with E-state index in [1.165, 1.54) is 6.92 Å². The Bertz CT molecular complexity index is 239. The Morgan fingerprint density at radius 3 is 1.86 bits per heavy atom. The van der Waals surface area contributed by atoms with Crippen molar-refractivity contribution in [1.29, 1.82) is 10.8 Å². The lowest BCUT2D eigenvalue weighted by molar-refractivity contribution is -0.102. The van der Waals surface area contributed by atoms with Crippen LogP contribution < -0.4 is 11.5 Å². The Labute approximate surface area is 93.3 Å². The number of aldehydes is 1. The molecule has 9 heteroatoms. The summed E-state index contributed by atoms with van der Waals surface area (Å²) < 4.78 is 0. The molecular formula is C5H12Cl2N6O. The predicted octanol–water partition coefficient (Wildman–Crippen LogP) is -0.506. The largest absolute Gasteiger partial charge is 0.368 e. The van der Waals surface area contributed by atoms with Crippen molar-refractivity contribution < 1.29 is 4.79 Å². The number of hydrogen-bond donors (Lipinski definition) is 4. The number of hydrogen-bond acceptors (Lipinski definition) is 4. The van der Waals surface area contributed by atoms with E-state index in [4.69, 9.17) is 22.3 Å². The maximum absolute atomic E-state index is 10.1. The van der Waals surface area contributed by atoms with Gasteiger partial charge in [0.15, 0.2) is 6.29 Å². The van der Waals surface area contributed by atoms with Crippen molar-refractivity contribution in [1.82, 2.24) is 5.01 Å². The molecule has 6 N–H and O–H groups in total. The molecule has 14 heavy (non-hydrogen) atoms. The molecule has 0 spiro atoms. The van der Waals surface area contributed by atoms with Gasteiger partial charge in [-0.15, -0.1) is 24.8 Å². The van der Waals surface area contributed by atoms with Crippen LogP contribution in [0.5, 0.6) is 0 Å². The Balaban J connectivity index is -0.000000605. The lowest BCUT2D eigenvalue weighted by Gasteiger charge is -2.13. The Morgan fingerprint density at radius 1 is 1.29 bits per heavy atom. The second-order valence-electron chi connectivity index (χ2n) is 1.94. The minimum Gasteiger partial charge on any atom is -0.368 e. The zero-order valence-electron chi connectivity index (χ0n) is 7.35. The molecule has 0 heterocycles. The summed E-state index contributed by atoms with van der Waals surface area (Å²) in [7, 11) is 0. The number of nitrogens with two attached hydrogens (primary N) is 2. The van der Waals surface area contributed by atoms with Gasteiger partial charge in [0, 0.05) is 0 Å². The number of nitrogens with zero attached hydrogens (tertiary/aromatic N) is 2. The maximum Gasteiger partial charge on any atom is 0.216 e. The Morgan fingerprint density at radius 2 is 1.64 bits per heavy atom. The van der Waals surface area contributed by atoms with Gasteiger partial charge in [-0.3, -0.25) is 15.6 Å². The average molecular weight is 243 g/mol. The number of halogens is 2. The van der Waals surface area contributed by atoms with Gasteiger partial charge in [-0.05, 0) is 6.92 Å². The Kier molecular flexibility index (Phi) is 10.9. The zero-order chi connectivity index (χ0) is 9.72. The van der Waals surface area contributed by atoms with Crippen LogP contribution in [0, 0.1) is 10.8 Å². The molecule has 0 fully saturated rings. The molecule has 0 unspecified atom stereocenters. The molecule has 0 rings (SSSR count). The van der Waals surface area contributed by atoms with Crippen LogP contribution in [0.1, 0.15) is 6.92 Å². The lowest BCUT2D eigenvalue weighted by Crippen LogP contribution is -2.41. The van der Waals surface area contributed by atoms with Crippen molar-refractivity contribution in [2.45, 2.75) is 6.92 Å². The lowest BCUT2D eigenvalue weighted by atomic mass is 10.5. The van der Waals surface area contributed by atoms with Crippen LogP contribution in [0.15, 0.2) is 5.10 Å². The monoisotopic (exact) mass is 242 g/mol. The summed E-state index contributed by atoms with van der Waals surface area (Å²) in [5.74, 6) is -1.02. The number of carbonyl (C=O) groups excluding carboxylic acids is 1. The van der Waals surface area contributed by atoms with Gasteiger partial charge < -0.3 is 11.5 Å². The number of carbonyl (C=O) groups is 1. The third-order valence-electron chi connectivity index (χ3n) is 0.885. The second kappa shape index (κ2) is 8.27. The molecule has 0 atom stereocenters. The first-order chi connectivity index (χ1) is 5.49. The third-order valence-corrected chi connectivity index (χ3v) is 0.885. The molecule has 0 bridgehead atoms. The van der Waals surface area contributed by atoms with Gasteiger partial charge in [0.1, 0.15) is 0 Å². The van der Waals surface area contributed by atoms with Crippen molar-refractivity contribution in [3.05, 3.63) is 0 Å². The quantitative estimate of drug-likeness (QED) is 0.225. The first-order valence-corrected chi connectivity index (χ1v) is 2.97. The molecule has 0 aromatic heterocycles. The molecular weight excluding hydrogens is 231 g/mol. The van der Waals surface area contributed by atoms with Crippen LogP contribution in [0.2, 0.25) is 0 Å². The van der Waals surface area contributed by atoms with Gasteiger partial charge in [0.25, 0.3) is 0 Å². The van der Waals surface area contributed by atoms with Gasteiger partial charge in [-0.2, -0.15) is 10.1 Å². The fraction of sp³-hybridized carbons (Fsp3) is 0.200. The molecule has 0 amide bonds. The molecule has 0 saturated heterocycles. The fourth-order valence-electron chi connectivity index (χ4n) is 0.419. The topological polar surface area (TPSA) is 132 Å². The van der Waals surface area contributed by atoms with Crippen molar-refractivity contribution in [2.24, 2.45) is 16.6 Å². The van der Waals surface area contributed by atoms with Crippen LogP contribution in [0.4, 0.5) is 0 Å². The highest BCUT2D eigenvalue weighted by Gasteiger charge is 2.07. The van der Waals surface area contributed by atoms with E-state index in [1.807, 2.05) is 0 Å². The first kappa shape index (κ1) is 18.4. The minimum absolute atomic E-state index is 0. The summed E-state index contributed by atoms with van der Waals surface area (Å²) >= 11 is 0. The standard InChI is InChI=1S/C5H10N6O.2ClH/c1-3(2-12)10-11(4(6)7)5(8)9;;/h2H,1H3,(H3,6,7)(H3,8,9);2*1H. The summed E-state index contributed by atoms with van der Waals surface area (Å²) in [5, 5.41) is 17.9. The molecule has 0 aromatic rings. The molecule has 82 valence electrons. The molecule has 0 aliphatic carbocycles. The normalized spacial score (nSPS) is 9.07. The molecule has 0 aliphatic rings. The van der Waals surface area contributed by atoms with Gasteiger partial charge >= 0.3 is 0 Å². The van der Waals surface area contributed by atoms with Gasteiger partial charge in [0.2, 0.25) is 11.9 Å². The van der Waals surface area contributed by atoms with Gasteiger partial charge in [-0.1, -0.05) is 0 Å². The van der Waals surface area contributed by atoms with E-state index >= 15 is 0 Å². The SMILES string of the molecule is CC(C=O)=NN(C(=N)N)C(=N)N.Cl.Cl. The summed E-state index contributed by atoms with van der Waals surface area (Å²) in [4.78, 5) is 10.1. The van der Waals surface area contributed by atoms with Gasteiger partial charge in [0.05, 0.1) is 5.71 Å². The molecule has 0 aromatic carbocycles. The highest BCUT2D eigenvalue weighted by Crippen LogP contribution is 1.86. The maximum atomic E-state index is 10.1. The van der Waals surface area contributed by atoms with E-state index in [0.717, 1.165) is 0 Å². The van der Waals surface area contributed by atoms with Crippen LogP contribution in [0.3, 0.4) is 0 Å². The van der Waals surface area contributed by atoms with Crippen molar-refractivity contribution >= 4 is 48.7 Å². The number of hydrazone groups is 1. The van der Waals surface area contributed by atoms with Gasteiger partial charge in [-0.25, -0.2) is 0 Å². The Hall–Kier alpha value is -1.34. The van der Waals surface area contributed by atoms with Crippen molar-refractivity contribution in [3.8, 4) is 0 Å². The van der Waals surface area contributed by atoms with Crippen LogP contribution in [-0.2, 0) is 4.79 Å². The van der Waals surface area contributed by atoms with Crippen molar-refractivity contribution in [3.63, 3.8) is 0 Å². The third kappa shape index (κ3) is 6.21. The van der Waals surface area contributed by atoms with Crippen LogP contribution in [0.25, 0.3) is 0 Å². The smallest absolute Gasteiger partial charge is 0.216 e. The molecule has 0 aliphatic heterocycles. The van der Waals surface area contributed by atoms with E-state index in [-0.39, 0.29) is 30.5 Å². The molecule has 0 radical (unpaired) electrons. The van der Waals surface area contributed by atoms with E-state index in [2.05, 4.69) is 5.10 Å². The zero-order valence-corrected chi connectivity index (χ0v) is 8.98. The summed E-state index contributed by atoms with van der Waals surface area (Å²) in [5.41, 5.74) is 10.1. The summed E-state index contributed by atoms with van der Waals surface area (Å²) in [6.07, 6.45) is 0.471. The van der Waals surface area contributed by atoms with E-state index in [9.17, 15) is 4.79 Å². The second-order valence-corrected chi connectivity index (χ2v) is 1.94. The number of guanidine groups is 2. The van der Waals surface area contributed by atoms with Crippen LogP contribution in [-0.4, -0.2) is 28.9 Å². The summed E-state index contributed by atoms with van der Waals surface area (Å²) in [6, 6.07) is 0. The van der Waals surface area contributed by atoms with Crippen molar-refractivity contribution in [2.75, 3.05) is 0 Å². The minimum atomic E-state index is -0.510. The number of nitrogens with one attached hydrogen (secondary N) is 2. The first-order valence-electron chi connectivity index (χ1n) is 2.97. The number of rotatable bonds is 2. The highest BCUT2D eigenvalue weighted by atomic mass is 35.5. The fourth-order valence-corrected chi connectivity index (χ4v) is 0.419. The molecule has 7 nitrogen and oxygen atoms in total. The van der Waals surface area contributed by atoms with Crippen LogP contribution >= 0.6 is 24.8 Å². The highest BCUT2D eigenvalue weighted by molar-refractivity contribution is 6.27.